The van der Waals surface area contributed by atoms with E-state index in [1.165, 1.54) is 30.2 Å². The molecular formula is C27H34FN5O4S. The van der Waals surface area contributed by atoms with Crippen LogP contribution in [-0.4, -0.2) is 56.9 Å². The van der Waals surface area contributed by atoms with Crippen LogP contribution in [0.1, 0.15) is 62.7 Å². The van der Waals surface area contributed by atoms with Crippen molar-refractivity contribution in [2.24, 2.45) is 16.6 Å². The fraction of sp³-hybridized carbons (Fsp3) is 0.519. The molecule has 4 rings (SSSR count). The molecule has 38 heavy (non-hydrogen) atoms. The standard InChI is InChI=1S/C27H34FN5O4S/c1-15(14-36-6)37-22-13-30-19(12-31-22)20(34)10-16-7-8-18(28)17(9-16)26(5)21-11-27(21,38-24(29)33-26)23(35)32-25(2,3)4/h7-9,12-13,15,21H,10-11,14H2,1-6H3,(H2,29,33)(H,32,35)/t15-,21-,26+,27-/m0/s1. The van der Waals surface area contributed by atoms with Gasteiger partial charge in [0.05, 0.1) is 24.5 Å². The van der Waals surface area contributed by atoms with E-state index in [1.807, 2.05) is 27.7 Å². The van der Waals surface area contributed by atoms with E-state index in [1.54, 1.807) is 26.2 Å². The molecule has 204 valence electrons. The minimum Gasteiger partial charge on any atom is -0.471 e. The summed E-state index contributed by atoms with van der Waals surface area (Å²) in [5, 5.41) is 3.27. The van der Waals surface area contributed by atoms with Gasteiger partial charge in [0, 0.05) is 30.6 Å². The Balaban J connectivity index is 1.54. The summed E-state index contributed by atoms with van der Waals surface area (Å²) in [5.41, 5.74) is 5.79. The molecule has 4 atom stereocenters. The third-order valence-electron chi connectivity index (χ3n) is 6.67. The summed E-state index contributed by atoms with van der Waals surface area (Å²) in [7, 11) is 1.58. The third kappa shape index (κ3) is 5.68. The van der Waals surface area contributed by atoms with Crippen LogP contribution in [0.15, 0.2) is 35.6 Å². The van der Waals surface area contributed by atoms with Crippen molar-refractivity contribution < 1.29 is 23.5 Å². The number of amides is 1. The molecule has 1 saturated carbocycles. The maximum atomic E-state index is 15.2. The highest BCUT2D eigenvalue weighted by Crippen LogP contribution is 2.66. The van der Waals surface area contributed by atoms with Gasteiger partial charge < -0.3 is 20.5 Å². The maximum absolute atomic E-state index is 15.2. The second-order valence-corrected chi connectivity index (χ2v) is 12.4. The Kier molecular flexibility index (Phi) is 7.55. The Bertz CT molecular complexity index is 1270. The maximum Gasteiger partial charge on any atom is 0.237 e. The molecule has 1 amide bonds. The highest BCUT2D eigenvalue weighted by atomic mass is 32.2. The van der Waals surface area contributed by atoms with Gasteiger partial charge in [-0.15, -0.1) is 0 Å². The van der Waals surface area contributed by atoms with Crippen molar-refractivity contribution in [1.29, 1.82) is 0 Å². The summed E-state index contributed by atoms with van der Waals surface area (Å²) >= 11 is 1.24. The monoisotopic (exact) mass is 543 g/mol. The molecule has 1 aromatic carbocycles. The van der Waals surface area contributed by atoms with Crippen LogP contribution in [0.25, 0.3) is 0 Å². The van der Waals surface area contributed by atoms with Crippen molar-refractivity contribution >= 4 is 28.6 Å². The lowest BCUT2D eigenvalue weighted by Crippen LogP contribution is -2.50. The third-order valence-corrected chi connectivity index (χ3v) is 7.97. The predicted octanol–water partition coefficient (Wildman–Crippen LogP) is 3.40. The average molecular weight is 544 g/mol. The van der Waals surface area contributed by atoms with Crippen LogP contribution >= 0.6 is 11.8 Å². The summed E-state index contributed by atoms with van der Waals surface area (Å²) < 4.78 is 25.1. The number of amidine groups is 1. The number of carbonyl (C=O) groups is 2. The van der Waals surface area contributed by atoms with Gasteiger partial charge in [0.15, 0.2) is 11.0 Å². The first-order valence-corrected chi connectivity index (χ1v) is 13.3. The fourth-order valence-corrected chi connectivity index (χ4v) is 6.23. The number of hydrogen-bond acceptors (Lipinski definition) is 9. The molecule has 1 aliphatic carbocycles. The molecule has 0 spiro atoms. The van der Waals surface area contributed by atoms with Crippen molar-refractivity contribution in [2.45, 2.75) is 69.4 Å². The zero-order valence-corrected chi connectivity index (χ0v) is 23.3. The van der Waals surface area contributed by atoms with E-state index in [-0.39, 0.29) is 46.9 Å². The van der Waals surface area contributed by atoms with Crippen molar-refractivity contribution in [3.8, 4) is 5.88 Å². The van der Waals surface area contributed by atoms with Crippen LogP contribution in [-0.2, 0) is 21.5 Å². The van der Waals surface area contributed by atoms with E-state index in [2.05, 4.69) is 20.3 Å². The molecular weight excluding hydrogens is 509 g/mol. The van der Waals surface area contributed by atoms with Crippen LogP contribution in [0.5, 0.6) is 5.88 Å². The highest BCUT2D eigenvalue weighted by Gasteiger charge is 2.70. The number of nitrogens with two attached hydrogens (primary N) is 1. The molecule has 0 saturated heterocycles. The summed E-state index contributed by atoms with van der Waals surface area (Å²) in [4.78, 5) is 39.1. The normalized spacial score (nSPS) is 25.1. The molecule has 0 bridgehead atoms. The minimum atomic E-state index is -1.05. The summed E-state index contributed by atoms with van der Waals surface area (Å²) in [6, 6.07) is 4.53. The van der Waals surface area contributed by atoms with Crippen LogP contribution in [0.3, 0.4) is 0 Å². The first-order chi connectivity index (χ1) is 17.8. The molecule has 1 aliphatic heterocycles. The number of ketones is 1. The van der Waals surface area contributed by atoms with E-state index < -0.39 is 21.6 Å². The first-order valence-electron chi connectivity index (χ1n) is 12.4. The molecule has 0 unspecified atom stereocenters. The van der Waals surface area contributed by atoms with Crippen LogP contribution in [0.2, 0.25) is 0 Å². The lowest BCUT2D eigenvalue weighted by Gasteiger charge is -2.35. The second-order valence-electron chi connectivity index (χ2n) is 11.1. The Morgan fingerprint density at radius 2 is 2.03 bits per heavy atom. The quantitative estimate of drug-likeness (QED) is 0.461. The fourth-order valence-electron chi connectivity index (χ4n) is 4.86. The van der Waals surface area contributed by atoms with Crippen LogP contribution in [0, 0.1) is 11.7 Å². The molecule has 2 heterocycles. The summed E-state index contributed by atoms with van der Waals surface area (Å²) in [6.07, 6.45) is 3.05. The Hall–Kier alpha value is -3.05. The topological polar surface area (TPSA) is 129 Å². The zero-order chi connectivity index (χ0) is 27.9. The number of ether oxygens (including phenoxy) is 2. The van der Waals surface area contributed by atoms with E-state index in [0.29, 0.717) is 24.2 Å². The summed E-state index contributed by atoms with van der Waals surface area (Å²) in [6.45, 7) is 9.77. The molecule has 11 heteroatoms. The van der Waals surface area contributed by atoms with Gasteiger partial charge in [-0.1, -0.05) is 17.8 Å². The molecule has 9 nitrogen and oxygen atoms in total. The number of methoxy groups -OCH3 is 1. The molecule has 0 radical (unpaired) electrons. The number of halogens is 1. The molecule has 3 N–H and O–H groups in total. The number of thioether (sulfide) groups is 1. The lowest BCUT2D eigenvalue weighted by atomic mass is 9.84. The van der Waals surface area contributed by atoms with Gasteiger partial charge in [-0.2, -0.15) is 0 Å². The van der Waals surface area contributed by atoms with Crippen LogP contribution < -0.4 is 15.8 Å². The number of Topliss-reactive ketones (excluding diaryl/α,β-unsaturated/α-hetero) is 1. The van der Waals surface area contributed by atoms with Gasteiger partial charge in [-0.25, -0.2) is 14.4 Å². The lowest BCUT2D eigenvalue weighted by molar-refractivity contribution is -0.123. The number of hydrogen-bond donors (Lipinski definition) is 2. The number of benzene rings is 1. The van der Waals surface area contributed by atoms with E-state index >= 15 is 4.39 Å². The average Bonchev–Trinajstić information content (AvgIpc) is 3.57. The minimum absolute atomic E-state index is 0.00735. The Morgan fingerprint density at radius 3 is 2.66 bits per heavy atom. The number of rotatable bonds is 9. The smallest absolute Gasteiger partial charge is 0.237 e. The number of carbonyl (C=O) groups excluding carboxylic acids is 2. The van der Waals surface area contributed by atoms with E-state index in [9.17, 15) is 9.59 Å². The number of aromatic nitrogens is 2. The van der Waals surface area contributed by atoms with Crippen molar-refractivity contribution in [2.75, 3.05) is 13.7 Å². The van der Waals surface area contributed by atoms with Gasteiger partial charge in [-0.05, 0) is 58.7 Å². The molecule has 1 aromatic heterocycles. The summed E-state index contributed by atoms with van der Waals surface area (Å²) in [5.74, 6) is -0.815. The molecule has 1 fully saturated rings. The Morgan fingerprint density at radius 1 is 1.29 bits per heavy atom. The second kappa shape index (κ2) is 10.3. The predicted molar refractivity (Wildman–Crippen MR) is 144 cm³/mol. The largest absolute Gasteiger partial charge is 0.471 e. The van der Waals surface area contributed by atoms with Gasteiger partial charge >= 0.3 is 0 Å². The Labute approximate surface area is 226 Å². The number of aliphatic imine (C=N–C) groups is 1. The SMILES string of the molecule is COC[C@H](C)Oc1cnc(C(=O)Cc2ccc(F)c([C@@]3(C)N=C(N)S[C@@]4(C(=O)NC(C)(C)C)C[C@H]43)c2)cn1. The molecule has 2 aromatic rings. The van der Waals surface area contributed by atoms with E-state index in [4.69, 9.17) is 15.2 Å². The van der Waals surface area contributed by atoms with E-state index in [0.717, 1.165) is 0 Å². The number of nitrogens with one attached hydrogen (secondary N) is 1. The van der Waals surface area contributed by atoms with Crippen molar-refractivity contribution in [3.63, 3.8) is 0 Å². The van der Waals surface area contributed by atoms with Crippen LogP contribution in [0.4, 0.5) is 4.39 Å². The van der Waals surface area contributed by atoms with Gasteiger partial charge in [0.2, 0.25) is 11.8 Å². The van der Waals surface area contributed by atoms with Crippen molar-refractivity contribution in [1.82, 2.24) is 15.3 Å². The number of fused-ring (bicyclic) bond motifs is 1. The van der Waals surface area contributed by atoms with Gasteiger partial charge in [0.1, 0.15) is 22.4 Å². The van der Waals surface area contributed by atoms with Crippen molar-refractivity contribution in [3.05, 3.63) is 53.2 Å². The number of nitrogens with zero attached hydrogens (tertiary/aromatic N) is 3. The first kappa shape index (κ1) is 28.0. The van der Waals surface area contributed by atoms with Gasteiger partial charge in [-0.3, -0.25) is 14.6 Å². The zero-order valence-electron chi connectivity index (χ0n) is 22.5. The highest BCUT2D eigenvalue weighted by molar-refractivity contribution is 8.15. The molecule has 2 aliphatic rings. The van der Waals surface area contributed by atoms with Gasteiger partial charge in [0.25, 0.3) is 0 Å².